The molecule has 0 spiro atoms. The molecule has 2 N–H and O–H groups in total. The van der Waals surface area contributed by atoms with E-state index in [9.17, 15) is 18.7 Å². The summed E-state index contributed by atoms with van der Waals surface area (Å²) >= 11 is 0. The number of carbonyl (C=O) groups is 1. The number of hydrogen-bond donors (Lipinski definition) is 2. The summed E-state index contributed by atoms with van der Waals surface area (Å²) in [7, 11) is 0. The highest BCUT2D eigenvalue weighted by Crippen LogP contribution is 2.49. The van der Waals surface area contributed by atoms with Crippen molar-refractivity contribution in [3.05, 3.63) is 65.2 Å². The molecule has 3 nitrogen and oxygen atoms in total. The number of hydrogen-bond acceptors (Lipinski definition) is 2. The molecule has 1 aliphatic carbocycles. The number of anilines is 1. The zero-order valence-electron chi connectivity index (χ0n) is 12.6. The van der Waals surface area contributed by atoms with Gasteiger partial charge in [-0.1, -0.05) is 24.3 Å². The van der Waals surface area contributed by atoms with E-state index in [-0.39, 0.29) is 11.5 Å². The van der Waals surface area contributed by atoms with Gasteiger partial charge in [0, 0.05) is 28.7 Å². The first kappa shape index (κ1) is 15.6. The van der Waals surface area contributed by atoms with Crippen molar-refractivity contribution in [3.8, 4) is 0 Å². The minimum atomic E-state index is -0.717. The summed E-state index contributed by atoms with van der Waals surface area (Å²) in [6, 6.07) is 10.7. The Bertz CT molecular complexity index is 725. The summed E-state index contributed by atoms with van der Waals surface area (Å²) in [5, 5.41) is 12.5. The predicted octanol–water partition coefficient (Wildman–Crippen LogP) is 3.76. The molecule has 120 valence electrons. The molecule has 3 rings (SSSR count). The Kier molecular flexibility index (Phi) is 4.13. The van der Waals surface area contributed by atoms with Gasteiger partial charge in [-0.2, -0.15) is 0 Å². The first-order valence-electron chi connectivity index (χ1n) is 7.50. The fraction of sp³-hybridized carbons (Fsp3) is 0.278. The molecule has 5 heteroatoms. The lowest BCUT2D eigenvalue weighted by Gasteiger charge is -2.13. The van der Waals surface area contributed by atoms with Gasteiger partial charge in [0.2, 0.25) is 5.91 Å². The molecule has 0 aliphatic heterocycles. The Hall–Kier alpha value is -2.27. The molecule has 3 unspecified atom stereocenters. The molecule has 0 radical (unpaired) electrons. The summed E-state index contributed by atoms with van der Waals surface area (Å²) in [6.45, 7) is 1.61. The summed E-state index contributed by atoms with van der Waals surface area (Å²) in [4.78, 5) is 12.3. The average Bonchev–Trinajstić information content (AvgIpc) is 3.28. The van der Waals surface area contributed by atoms with Crippen LogP contribution in [-0.4, -0.2) is 11.0 Å². The van der Waals surface area contributed by atoms with E-state index in [0.717, 1.165) is 0 Å². The highest BCUT2D eigenvalue weighted by Gasteiger charge is 2.46. The van der Waals surface area contributed by atoms with Crippen LogP contribution in [0, 0.1) is 17.6 Å². The third-order valence-corrected chi connectivity index (χ3v) is 4.17. The molecule has 2 aromatic rings. The molecule has 3 atom stereocenters. The lowest BCUT2D eigenvalue weighted by molar-refractivity contribution is -0.117. The van der Waals surface area contributed by atoms with E-state index in [4.69, 9.17) is 0 Å². The van der Waals surface area contributed by atoms with E-state index >= 15 is 0 Å². The second-order valence-corrected chi connectivity index (χ2v) is 5.84. The van der Waals surface area contributed by atoms with Crippen molar-refractivity contribution in [1.82, 2.24) is 0 Å². The number of aliphatic hydroxyl groups excluding tert-OH is 1. The van der Waals surface area contributed by atoms with Crippen LogP contribution in [0.3, 0.4) is 0 Å². The van der Waals surface area contributed by atoms with Gasteiger partial charge in [-0.3, -0.25) is 4.79 Å². The molecule has 0 aromatic heterocycles. The van der Waals surface area contributed by atoms with Gasteiger partial charge in [0.25, 0.3) is 0 Å². The zero-order valence-corrected chi connectivity index (χ0v) is 12.6. The highest BCUT2D eigenvalue weighted by atomic mass is 19.1. The Morgan fingerprint density at radius 2 is 1.83 bits per heavy atom. The lowest BCUT2D eigenvalue weighted by atomic mass is 10.1. The highest BCUT2D eigenvalue weighted by molar-refractivity contribution is 5.96. The van der Waals surface area contributed by atoms with Crippen molar-refractivity contribution in [2.24, 2.45) is 5.92 Å². The van der Waals surface area contributed by atoms with Gasteiger partial charge in [0.15, 0.2) is 0 Å². The number of benzene rings is 2. The SMILES string of the molecule is CC(O)c1ccccc1NC(=O)C1CC1c1c(F)cccc1F. The normalized spacial score (nSPS) is 20.9. The van der Waals surface area contributed by atoms with Gasteiger partial charge in [0.05, 0.1) is 6.10 Å². The Labute approximate surface area is 133 Å². The summed E-state index contributed by atoms with van der Waals surface area (Å²) < 4.78 is 27.5. The summed E-state index contributed by atoms with van der Waals surface area (Å²) in [5.41, 5.74) is 1.11. The minimum absolute atomic E-state index is 0.0172. The van der Waals surface area contributed by atoms with Crippen molar-refractivity contribution >= 4 is 11.6 Å². The molecule has 1 fully saturated rings. The quantitative estimate of drug-likeness (QED) is 0.902. The van der Waals surface area contributed by atoms with E-state index in [1.165, 1.54) is 18.2 Å². The van der Waals surface area contributed by atoms with Gasteiger partial charge in [-0.25, -0.2) is 8.78 Å². The molecule has 0 bridgehead atoms. The number of carbonyl (C=O) groups excluding carboxylic acids is 1. The van der Waals surface area contributed by atoms with Gasteiger partial charge < -0.3 is 10.4 Å². The van der Waals surface area contributed by atoms with E-state index in [0.29, 0.717) is 17.7 Å². The van der Waals surface area contributed by atoms with Gasteiger partial charge >= 0.3 is 0 Å². The monoisotopic (exact) mass is 317 g/mol. The molecular weight excluding hydrogens is 300 g/mol. The minimum Gasteiger partial charge on any atom is -0.389 e. The van der Waals surface area contributed by atoms with Crippen LogP contribution < -0.4 is 5.32 Å². The molecule has 1 saturated carbocycles. The standard InChI is InChI=1S/C18H17F2NO2/c1-10(22)11-5-2-3-8-16(11)21-18(23)13-9-12(13)17-14(19)6-4-7-15(17)20/h2-8,10,12-13,22H,9H2,1H3,(H,21,23). The predicted molar refractivity (Wildman–Crippen MR) is 82.9 cm³/mol. The molecule has 0 saturated heterocycles. The number of rotatable bonds is 4. The fourth-order valence-electron chi connectivity index (χ4n) is 2.87. The van der Waals surface area contributed by atoms with Crippen LogP contribution in [0.5, 0.6) is 0 Å². The number of aliphatic hydroxyl groups is 1. The summed E-state index contributed by atoms with van der Waals surface area (Å²) in [6.07, 6.45) is -0.300. The zero-order chi connectivity index (χ0) is 16.6. The van der Waals surface area contributed by atoms with Crippen LogP contribution in [0.2, 0.25) is 0 Å². The number of amides is 1. The Morgan fingerprint density at radius 3 is 2.48 bits per heavy atom. The third-order valence-electron chi connectivity index (χ3n) is 4.17. The van der Waals surface area contributed by atoms with Crippen LogP contribution in [0.1, 0.15) is 36.5 Å². The first-order valence-corrected chi connectivity index (χ1v) is 7.50. The van der Waals surface area contributed by atoms with Crippen molar-refractivity contribution in [1.29, 1.82) is 0 Å². The van der Waals surface area contributed by atoms with E-state index < -0.39 is 29.6 Å². The van der Waals surface area contributed by atoms with Crippen LogP contribution in [0.15, 0.2) is 42.5 Å². The Morgan fingerprint density at radius 1 is 1.17 bits per heavy atom. The van der Waals surface area contributed by atoms with Crippen molar-refractivity contribution < 1.29 is 18.7 Å². The Balaban J connectivity index is 1.75. The van der Waals surface area contributed by atoms with Crippen LogP contribution in [0.25, 0.3) is 0 Å². The van der Waals surface area contributed by atoms with Crippen LogP contribution in [0.4, 0.5) is 14.5 Å². The molecule has 2 aromatic carbocycles. The second-order valence-electron chi connectivity index (χ2n) is 5.84. The lowest BCUT2D eigenvalue weighted by Crippen LogP contribution is -2.16. The maximum Gasteiger partial charge on any atom is 0.228 e. The number of para-hydroxylation sites is 1. The maximum atomic E-state index is 13.8. The van der Waals surface area contributed by atoms with Gasteiger partial charge in [-0.05, 0) is 31.5 Å². The van der Waals surface area contributed by atoms with Crippen molar-refractivity contribution in [2.45, 2.75) is 25.4 Å². The van der Waals surface area contributed by atoms with Gasteiger partial charge in [0.1, 0.15) is 11.6 Å². The van der Waals surface area contributed by atoms with Crippen LogP contribution in [-0.2, 0) is 4.79 Å². The van der Waals surface area contributed by atoms with Gasteiger partial charge in [-0.15, -0.1) is 0 Å². The first-order chi connectivity index (χ1) is 11.0. The number of nitrogens with one attached hydrogen (secondary N) is 1. The molecule has 0 heterocycles. The van der Waals surface area contributed by atoms with E-state index in [2.05, 4.69) is 5.32 Å². The van der Waals surface area contributed by atoms with Crippen molar-refractivity contribution in [2.75, 3.05) is 5.32 Å². The largest absolute Gasteiger partial charge is 0.389 e. The molecule has 1 aliphatic rings. The van der Waals surface area contributed by atoms with E-state index in [1.54, 1.807) is 31.2 Å². The summed E-state index contributed by atoms with van der Waals surface area (Å²) in [5.74, 6) is -2.41. The average molecular weight is 317 g/mol. The van der Waals surface area contributed by atoms with E-state index in [1.807, 2.05) is 0 Å². The number of halogens is 2. The van der Waals surface area contributed by atoms with Crippen molar-refractivity contribution in [3.63, 3.8) is 0 Å². The molecular formula is C18H17F2NO2. The smallest absolute Gasteiger partial charge is 0.228 e. The fourth-order valence-corrected chi connectivity index (χ4v) is 2.87. The molecule has 23 heavy (non-hydrogen) atoms. The second kappa shape index (κ2) is 6.08. The maximum absolute atomic E-state index is 13.8. The molecule has 1 amide bonds. The van der Waals surface area contributed by atoms with Crippen LogP contribution >= 0.6 is 0 Å². The third kappa shape index (κ3) is 3.10. The topological polar surface area (TPSA) is 49.3 Å².